The molecule has 0 radical (unpaired) electrons. The summed E-state index contributed by atoms with van der Waals surface area (Å²) in [7, 11) is 0. The molecule has 1 heterocycles. The zero-order valence-electron chi connectivity index (χ0n) is 12.3. The monoisotopic (exact) mass is 305 g/mol. The Balaban J connectivity index is 2.31. The van der Waals surface area contributed by atoms with E-state index in [1.54, 1.807) is 0 Å². The number of hydrogen-bond acceptors (Lipinski definition) is 2. The first-order valence-electron chi connectivity index (χ1n) is 7.17. The summed E-state index contributed by atoms with van der Waals surface area (Å²) in [5, 5.41) is 0. The molecule has 3 unspecified atom stereocenters. The normalized spacial score (nSPS) is 26.2. The number of aromatic nitrogens is 1. The third-order valence-corrected chi connectivity index (χ3v) is 4.19. The molecule has 0 saturated heterocycles. The lowest BCUT2D eigenvalue weighted by atomic mass is 9.75. The van der Waals surface area contributed by atoms with E-state index in [0.717, 1.165) is 12.8 Å². The Kier molecular flexibility index (Phi) is 4.74. The first-order chi connectivity index (χ1) is 9.81. The van der Waals surface area contributed by atoms with Crippen LogP contribution in [-0.2, 0) is 0 Å². The van der Waals surface area contributed by atoms with Gasteiger partial charge in [-0.1, -0.05) is 27.2 Å². The zero-order valence-corrected chi connectivity index (χ0v) is 12.3. The highest BCUT2D eigenvalue weighted by Crippen LogP contribution is 2.37. The number of halogens is 4. The number of ether oxygens (including phenoxy) is 1. The van der Waals surface area contributed by atoms with Crippen LogP contribution in [0, 0.1) is 41.3 Å². The Morgan fingerprint density at radius 1 is 1.05 bits per heavy atom. The van der Waals surface area contributed by atoms with Gasteiger partial charge in [0.1, 0.15) is 6.10 Å². The van der Waals surface area contributed by atoms with E-state index in [2.05, 4.69) is 4.98 Å². The van der Waals surface area contributed by atoms with Crippen LogP contribution in [0.4, 0.5) is 17.6 Å². The molecule has 0 spiro atoms. The van der Waals surface area contributed by atoms with Gasteiger partial charge in [-0.2, -0.15) is 22.5 Å². The quantitative estimate of drug-likeness (QED) is 0.607. The standard InChI is InChI=1S/C15H19F4NO/c1-7(2)9-5-4-8(3)6-10(9)21-13-11(16)14(18)20-15(19)12(13)17/h7-10H,4-6H2,1-3H3. The van der Waals surface area contributed by atoms with Gasteiger partial charge in [-0.3, -0.25) is 0 Å². The molecule has 0 aromatic carbocycles. The van der Waals surface area contributed by atoms with Crippen molar-refractivity contribution in [2.45, 2.75) is 46.1 Å². The minimum Gasteiger partial charge on any atom is -0.484 e. The smallest absolute Gasteiger partial charge is 0.255 e. The van der Waals surface area contributed by atoms with Crippen LogP contribution in [0.1, 0.15) is 40.0 Å². The van der Waals surface area contributed by atoms with Crippen molar-refractivity contribution in [2.75, 3.05) is 0 Å². The summed E-state index contributed by atoms with van der Waals surface area (Å²) < 4.78 is 58.9. The van der Waals surface area contributed by atoms with Crippen LogP contribution in [0.25, 0.3) is 0 Å². The highest BCUT2D eigenvalue weighted by molar-refractivity contribution is 5.24. The first kappa shape index (κ1) is 16.0. The molecule has 1 aromatic heterocycles. The van der Waals surface area contributed by atoms with Gasteiger partial charge in [-0.05, 0) is 30.6 Å². The van der Waals surface area contributed by atoms with E-state index in [-0.39, 0.29) is 11.8 Å². The van der Waals surface area contributed by atoms with Gasteiger partial charge in [0, 0.05) is 0 Å². The van der Waals surface area contributed by atoms with E-state index in [1.807, 2.05) is 20.8 Å². The van der Waals surface area contributed by atoms with E-state index in [0.29, 0.717) is 12.3 Å². The van der Waals surface area contributed by atoms with Gasteiger partial charge < -0.3 is 4.74 Å². The third kappa shape index (κ3) is 3.30. The number of rotatable bonds is 3. The lowest BCUT2D eigenvalue weighted by Gasteiger charge is -2.37. The Hall–Kier alpha value is -1.33. The average molecular weight is 305 g/mol. The fourth-order valence-corrected chi connectivity index (χ4v) is 2.97. The molecule has 21 heavy (non-hydrogen) atoms. The topological polar surface area (TPSA) is 22.1 Å². The van der Waals surface area contributed by atoms with Crippen LogP contribution in [0.15, 0.2) is 0 Å². The molecule has 2 nitrogen and oxygen atoms in total. The maximum Gasteiger partial charge on any atom is 0.255 e. The lowest BCUT2D eigenvalue weighted by Crippen LogP contribution is -2.37. The van der Waals surface area contributed by atoms with Crippen molar-refractivity contribution < 1.29 is 22.3 Å². The van der Waals surface area contributed by atoms with Gasteiger partial charge in [-0.25, -0.2) is 0 Å². The Labute approximate surface area is 121 Å². The fraction of sp³-hybridized carbons (Fsp3) is 0.667. The molecule has 2 rings (SSSR count). The molecule has 0 amide bonds. The maximum atomic E-state index is 13.7. The Morgan fingerprint density at radius 2 is 1.62 bits per heavy atom. The van der Waals surface area contributed by atoms with E-state index >= 15 is 0 Å². The van der Waals surface area contributed by atoms with Crippen molar-refractivity contribution in [3.05, 3.63) is 23.5 Å². The van der Waals surface area contributed by atoms with Crippen molar-refractivity contribution in [1.82, 2.24) is 4.98 Å². The molecule has 1 aliphatic carbocycles. The van der Waals surface area contributed by atoms with E-state index in [9.17, 15) is 17.6 Å². The summed E-state index contributed by atoms with van der Waals surface area (Å²) in [4.78, 5) is 2.53. The van der Waals surface area contributed by atoms with Gasteiger partial charge >= 0.3 is 0 Å². The maximum absolute atomic E-state index is 13.7. The van der Waals surface area contributed by atoms with Gasteiger partial charge in [-0.15, -0.1) is 0 Å². The second-order valence-corrected chi connectivity index (χ2v) is 6.13. The molecule has 1 aliphatic rings. The summed E-state index contributed by atoms with van der Waals surface area (Å²) in [6, 6.07) is 0. The van der Waals surface area contributed by atoms with E-state index < -0.39 is 35.4 Å². The third-order valence-electron chi connectivity index (χ3n) is 4.19. The molecule has 3 atom stereocenters. The predicted octanol–water partition coefficient (Wildman–Crippen LogP) is 4.48. The van der Waals surface area contributed by atoms with E-state index in [4.69, 9.17) is 4.74 Å². The van der Waals surface area contributed by atoms with Crippen molar-refractivity contribution >= 4 is 0 Å². The summed E-state index contributed by atoms with van der Waals surface area (Å²) in [6.07, 6.45) is 2.02. The SMILES string of the molecule is CC1CCC(C(C)C)C(Oc2c(F)c(F)nc(F)c2F)C1. The molecule has 0 N–H and O–H groups in total. The number of nitrogens with zero attached hydrogens (tertiary/aromatic N) is 1. The van der Waals surface area contributed by atoms with Gasteiger partial charge in [0.15, 0.2) is 0 Å². The van der Waals surface area contributed by atoms with Gasteiger partial charge in [0.05, 0.1) is 0 Å². The van der Waals surface area contributed by atoms with Crippen LogP contribution >= 0.6 is 0 Å². The summed E-state index contributed by atoms with van der Waals surface area (Å²) >= 11 is 0. The summed E-state index contributed by atoms with van der Waals surface area (Å²) in [6.45, 7) is 6.02. The molecule has 118 valence electrons. The highest BCUT2D eigenvalue weighted by atomic mass is 19.2. The molecule has 1 saturated carbocycles. The minimum atomic E-state index is -1.69. The van der Waals surface area contributed by atoms with Crippen LogP contribution in [-0.4, -0.2) is 11.1 Å². The molecule has 1 aromatic rings. The predicted molar refractivity (Wildman–Crippen MR) is 69.8 cm³/mol. The van der Waals surface area contributed by atoms with Crippen molar-refractivity contribution in [2.24, 2.45) is 17.8 Å². The van der Waals surface area contributed by atoms with E-state index in [1.165, 1.54) is 0 Å². The zero-order chi connectivity index (χ0) is 15.7. The van der Waals surface area contributed by atoms with Crippen molar-refractivity contribution in [3.63, 3.8) is 0 Å². The summed E-state index contributed by atoms with van der Waals surface area (Å²) in [5.74, 6) is -6.83. The second kappa shape index (κ2) is 6.20. The van der Waals surface area contributed by atoms with Crippen LogP contribution in [0.3, 0.4) is 0 Å². The molecule has 0 aliphatic heterocycles. The molecular weight excluding hydrogens is 286 g/mol. The largest absolute Gasteiger partial charge is 0.484 e. The van der Waals surface area contributed by atoms with Crippen LogP contribution < -0.4 is 4.74 Å². The Bertz CT molecular complexity index is 495. The fourth-order valence-electron chi connectivity index (χ4n) is 2.97. The van der Waals surface area contributed by atoms with Crippen molar-refractivity contribution in [3.8, 4) is 5.75 Å². The van der Waals surface area contributed by atoms with Crippen LogP contribution in [0.5, 0.6) is 5.75 Å². The van der Waals surface area contributed by atoms with Crippen LogP contribution in [0.2, 0.25) is 0 Å². The first-order valence-corrected chi connectivity index (χ1v) is 7.17. The lowest BCUT2D eigenvalue weighted by molar-refractivity contribution is 0.0383. The Morgan fingerprint density at radius 3 is 2.14 bits per heavy atom. The number of hydrogen-bond donors (Lipinski definition) is 0. The minimum absolute atomic E-state index is 0.0966. The second-order valence-electron chi connectivity index (χ2n) is 6.13. The average Bonchev–Trinajstić information content (AvgIpc) is 2.41. The molecule has 1 fully saturated rings. The van der Waals surface area contributed by atoms with Crippen molar-refractivity contribution in [1.29, 1.82) is 0 Å². The summed E-state index contributed by atoms with van der Waals surface area (Å²) in [5.41, 5.74) is 0. The molecular formula is C15H19F4NO. The highest BCUT2D eigenvalue weighted by Gasteiger charge is 2.34. The molecule has 6 heteroatoms. The van der Waals surface area contributed by atoms with Gasteiger partial charge in [0.2, 0.25) is 17.4 Å². The molecule has 0 bridgehead atoms. The van der Waals surface area contributed by atoms with Gasteiger partial charge in [0.25, 0.3) is 11.9 Å². The number of pyridine rings is 1.